The molecule has 0 bridgehead atoms. The molecular formula is C27H20N4O2S. The molecule has 5 N–H and O–H groups in total. The summed E-state index contributed by atoms with van der Waals surface area (Å²) in [6.45, 7) is 0. The van der Waals surface area contributed by atoms with E-state index in [0.717, 1.165) is 20.8 Å². The molecule has 0 aliphatic heterocycles. The lowest BCUT2D eigenvalue weighted by molar-refractivity contribution is 0.103. The number of benzene rings is 4. The summed E-state index contributed by atoms with van der Waals surface area (Å²) in [5, 5.41) is 0. The minimum absolute atomic E-state index is 0.0424. The second-order valence-electron chi connectivity index (χ2n) is 7.79. The predicted octanol–water partition coefficient (Wildman–Crippen LogP) is 5.34. The first-order valence-corrected chi connectivity index (χ1v) is 11.3. The monoisotopic (exact) mass is 464 g/mol. The number of nitrogen functional groups attached to an aromatic ring is 2. The Balaban J connectivity index is 1.27. The van der Waals surface area contributed by atoms with Crippen molar-refractivity contribution in [1.29, 1.82) is 0 Å². The Hall–Kier alpha value is -4.36. The summed E-state index contributed by atoms with van der Waals surface area (Å²) in [6.07, 6.45) is 1.61. The third-order valence-corrected chi connectivity index (χ3v) is 6.52. The van der Waals surface area contributed by atoms with Gasteiger partial charge >= 0.3 is 0 Å². The van der Waals surface area contributed by atoms with Crippen molar-refractivity contribution in [2.45, 2.75) is 9.79 Å². The highest BCUT2D eigenvalue weighted by Crippen LogP contribution is 2.29. The summed E-state index contributed by atoms with van der Waals surface area (Å²) in [6, 6.07) is 25.2. The molecule has 166 valence electrons. The number of carbonyl (C=O) groups is 2. The Bertz CT molecular complexity index is 1520. The molecule has 0 unspecified atom stereocenters. The molecular weight excluding hydrogens is 444 g/mol. The maximum Gasteiger partial charge on any atom is 0.193 e. The number of nitrogens with two attached hydrogens (primary N) is 2. The number of aromatic amines is 1. The second kappa shape index (κ2) is 8.88. The highest BCUT2D eigenvalue weighted by atomic mass is 32.2. The largest absolute Gasteiger partial charge is 0.397 e. The molecule has 5 aromatic rings. The van der Waals surface area contributed by atoms with E-state index in [1.165, 1.54) is 0 Å². The average Bonchev–Trinajstić information content (AvgIpc) is 3.34. The lowest BCUT2D eigenvalue weighted by Crippen LogP contribution is -2.03. The van der Waals surface area contributed by atoms with Crippen molar-refractivity contribution in [2.24, 2.45) is 0 Å². The number of rotatable bonds is 6. The summed E-state index contributed by atoms with van der Waals surface area (Å²) in [7, 11) is 0. The van der Waals surface area contributed by atoms with Crippen LogP contribution in [-0.4, -0.2) is 21.5 Å². The van der Waals surface area contributed by atoms with Crippen LogP contribution in [0.2, 0.25) is 0 Å². The van der Waals surface area contributed by atoms with E-state index in [4.69, 9.17) is 11.5 Å². The molecule has 0 aliphatic rings. The molecule has 0 saturated heterocycles. The Morgan fingerprint density at radius 2 is 1.18 bits per heavy atom. The van der Waals surface area contributed by atoms with E-state index in [0.29, 0.717) is 33.6 Å². The lowest BCUT2D eigenvalue weighted by Gasteiger charge is -2.07. The Labute approximate surface area is 200 Å². The molecule has 0 atom stereocenters. The minimum atomic E-state index is -0.112. The van der Waals surface area contributed by atoms with Gasteiger partial charge in [0.1, 0.15) is 0 Å². The maximum absolute atomic E-state index is 12.9. The van der Waals surface area contributed by atoms with Crippen LogP contribution >= 0.6 is 11.8 Å². The van der Waals surface area contributed by atoms with Crippen molar-refractivity contribution in [2.75, 3.05) is 11.5 Å². The van der Waals surface area contributed by atoms with Gasteiger partial charge in [-0.25, -0.2) is 4.98 Å². The number of hydrogen-bond donors (Lipinski definition) is 3. The van der Waals surface area contributed by atoms with Crippen molar-refractivity contribution < 1.29 is 9.59 Å². The smallest absolute Gasteiger partial charge is 0.193 e. The molecule has 1 aromatic heterocycles. The number of hydrogen-bond acceptors (Lipinski definition) is 6. The number of aromatic nitrogens is 2. The quantitative estimate of drug-likeness (QED) is 0.231. The van der Waals surface area contributed by atoms with Crippen LogP contribution < -0.4 is 11.5 Å². The first-order chi connectivity index (χ1) is 16.5. The highest BCUT2D eigenvalue weighted by molar-refractivity contribution is 7.99. The van der Waals surface area contributed by atoms with Crippen LogP contribution in [0.25, 0.3) is 11.0 Å². The number of H-pyrrole nitrogens is 1. The lowest BCUT2D eigenvalue weighted by atomic mass is 10.0. The molecule has 5 rings (SSSR count). The van der Waals surface area contributed by atoms with E-state index in [1.807, 2.05) is 48.5 Å². The third-order valence-electron chi connectivity index (χ3n) is 5.50. The molecule has 0 saturated carbocycles. The fourth-order valence-corrected chi connectivity index (χ4v) is 4.43. The molecule has 0 fully saturated rings. The first kappa shape index (κ1) is 21.5. The van der Waals surface area contributed by atoms with Crippen molar-refractivity contribution >= 4 is 45.7 Å². The molecule has 7 heteroatoms. The molecule has 1 heterocycles. The molecule has 6 nitrogen and oxygen atoms in total. The zero-order valence-electron chi connectivity index (χ0n) is 18.0. The third kappa shape index (κ3) is 4.29. The van der Waals surface area contributed by atoms with Crippen molar-refractivity contribution in [1.82, 2.24) is 9.97 Å². The van der Waals surface area contributed by atoms with Crippen LogP contribution in [-0.2, 0) is 0 Å². The first-order valence-electron chi connectivity index (χ1n) is 10.5. The Kier molecular flexibility index (Phi) is 5.61. The van der Waals surface area contributed by atoms with Crippen LogP contribution in [0, 0.1) is 0 Å². The Morgan fingerprint density at radius 1 is 0.647 bits per heavy atom. The maximum atomic E-state index is 12.9. The minimum Gasteiger partial charge on any atom is -0.397 e. The van der Waals surface area contributed by atoms with Crippen LogP contribution in [0.1, 0.15) is 31.8 Å². The van der Waals surface area contributed by atoms with E-state index >= 15 is 0 Å². The zero-order valence-corrected chi connectivity index (χ0v) is 18.8. The van der Waals surface area contributed by atoms with Crippen molar-refractivity contribution in [3.05, 3.63) is 114 Å². The number of nitrogens with zero attached hydrogens (tertiary/aromatic N) is 1. The summed E-state index contributed by atoms with van der Waals surface area (Å²) in [5.41, 5.74) is 16.4. The van der Waals surface area contributed by atoms with Gasteiger partial charge in [0.25, 0.3) is 0 Å². The number of carbonyl (C=O) groups excluding carboxylic acids is 2. The zero-order chi connectivity index (χ0) is 23.7. The normalized spacial score (nSPS) is 10.9. The van der Waals surface area contributed by atoms with Gasteiger partial charge in [0.2, 0.25) is 0 Å². The summed E-state index contributed by atoms with van der Waals surface area (Å²) < 4.78 is 0. The average molecular weight is 465 g/mol. The van der Waals surface area contributed by atoms with Crippen LogP contribution in [0.4, 0.5) is 11.4 Å². The molecule has 0 spiro atoms. The second-order valence-corrected chi connectivity index (χ2v) is 8.93. The van der Waals surface area contributed by atoms with E-state index in [2.05, 4.69) is 9.97 Å². The Morgan fingerprint density at radius 3 is 1.76 bits per heavy atom. The molecule has 0 amide bonds. The summed E-state index contributed by atoms with van der Waals surface area (Å²) in [5.74, 6) is -0.154. The van der Waals surface area contributed by atoms with Crippen molar-refractivity contribution in [3.8, 4) is 0 Å². The number of fused-ring (bicyclic) bond motifs is 1. The fourth-order valence-electron chi connectivity index (χ4n) is 3.61. The molecule has 34 heavy (non-hydrogen) atoms. The van der Waals surface area contributed by atoms with Gasteiger partial charge in [0, 0.05) is 32.0 Å². The number of nitrogens with one attached hydrogen (secondary N) is 1. The predicted molar refractivity (Wildman–Crippen MR) is 135 cm³/mol. The van der Waals surface area contributed by atoms with Gasteiger partial charge in [-0.1, -0.05) is 11.8 Å². The standard InChI is InChI=1S/C27H20N4O2S/c28-22-11-5-18(13-23(22)29)26(32)16-1-7-20(8-2-16)34-21-9-3-17(4-10-21)27(33)19-6-12-24-25(14-19)31-15-30-24/h1-15H,28-29H2,(H,30,31). The van der Waals surface area contributed by atoms with E-state index < -0.39 is 0 Å². The van der Waals surface area contributed by atoms with Gasteiger partial charge in [-0.15, -0.1) is 0 Å². The van der Waals surface area contributed by atoms with Crippen LogP contribution in [0.15, 0.2) is 101 Å². The number of anilines is 2. The van der Waals surface area contributed by atoms with E-state index in [9.17, 15) is 9.59 Å². The van der Waals surface area contributed by atoms with Gasteiger partial charge in [0.05, 0.1) is 28.7 Å². The topological polar surface area (TPSA) is 115 Å². The molecule has 0 aliphatic carbocycles. The summed E-state index contributed by atoms with van der Waals surface area (Å²) >= 11 is 1.56. The number of ketones is 2. The van der Waals surface area contributed by atoms with Crippen LogP contribution in [0.5, 0.6) is 0 Å². The van der Waals surface area contributed by atoms with Gasteiger partial charge in [0.15, 0.2) is 11.6 Å². The molecule has 0 radical (unpaired) electrons. The van der Waals surface area contributed by atoms with Gasteiger partial charge in [-0.05, 0) is 84.9 Å². The van der Waals surface area contributed by atoms with Crippen molar-refractivity contribution in [3.63, 3.8) is 0 Å². The van der Waals surface area contributed by atoms with Gasteiger partial charge in [-0.3, -0.25) is 9.59 Å². The van der Waals surface area contributed by atoms with Gasteiger partial charge in [-0.2, -0.15) is 0 Å². The molecule has 4 aromatic carbocycles. The van der Waals surface area contributed by atoms with E-state index in [1.54, 1.807) is 54.5 Å². The summed E-state index contributed by atoms with van der Waals surface area (Å²) in [4.78, 5) is 34.8. The van der Waals surface area contributed by atoms with Crippen LogP contribution in [0.3, 0.4) is 0 Å². The van der Waals surface area contributed by atoms with E-state index in [-0.39, 0.29) is 11.6 Å². The van der Waals surface area contributed by atoms with Gasteiger partial charge < -0.3 is 16.5 Å². The highest BCUT2D eigenvalue weighted by Gasteiger charge is 2.12. The SMILES string of the molecule is Nc1ccc(C(=O)c2ccc(Sc3ccc(C(=O)c4ccc5nc[nH]c5c4)cc3)cc2)cc1N. The number of imidazole rings is 1. The fraction of sp³-hybridized carbons (Fsp3) is 0.